The topological polar surface area (TPSA) is 109 Å². The lowest BCUT2D eigenvalue weighted by atomic mass is 9.78. The Balaban J connectivity index is 1.04. The summed E-state index contributed by atoms with van der Waals surface area (Å²) in [5, 5.41) is 13.7. The summed E-state index contributed by atoms with van der Waals surface area (Å²) >= 11 is 0. The quantitative estimate of drug-likeness (QED) is 0.115. The molecule has 48 heavy (non-hydrogen) atoms. The van der Waals surface area contributed by atoms with Crippen LogP contribution in [0.1, 0.15) is 42.9 Å². The minimum Gasteiger partial charge on any atom is -0.465 e. The van der Waals surface area contributed by atoms with Crippen molar-refractivity contribution in [3.05, 3.63) is 120 Å². The molecule has 2 fully saturated rings. The van der Waals surface area contributed by atoms with E-state index in [9.17, 15) is 19.5 Å². The van der Waals surface area contributed by atoms with E-state index in [1.807, 2.05) is 85.1 Å². The Bertz CT molecular complexity index is 1730. The first kappa shape index (κ1) is 33.0. The van der Waals surface area contributed by atoms with Crippen molar-refractivity contribution >= 4 is 28.9 Å². The molecule has 250 valence electrons. The highest BCUT2D eigenvalue weighted by molar-refractivity contribution is 6.04. The van der Waals surface area contributed by atoms with E-state index < -0.39 is 17.6 Å². The first-order chi connectivity index (χ1) is 23.3. The molecule has 1 aromatic heterocycles. The summed E-state index contributed by atoms with van der Waals surface area (Å²) in [6.45, 7) is 5.96. The fourth-order valence-electron chi connectivity index (χ4n) is 7.06. The molecule has 4 aromatic rings. The van der Waals surface area contributed by atoms with Gasteiger partial charge in [0.05, 0.1) is 0 Å². The smallest absolute Gasteiger partial charge is 0.407 e. The number of H-pyrrole nitrogens is 1. The number of benzene rings is 3. The summed E-state index contributed by atoms with van der Waals surface area (Å²) in [7, 11) is 0. The molecule has 0 radical (unpaired) electrons. The lowest BCUT2D eigenvalue weighted by molar-refractivity contribution is -0.128. The number of carboxylic acid groups (broad SMARTS) is 1. The number of allylic oxidation sites excluding steroid dienone is 1. The Morgan fingerprint density at radius 3 is 2.40 bits per heavy atom. The van der Waals surface area contributed by atoms with Gasteiger partial charge in [0.25, 0.3) is 5.91 Å². The molecule has 2 aliphatic heterocycles. The summed E-state index contributed by atoms with van der Waals surface area (Å²) in [5.41, 5.74) is 3.70. The number of amides is 4. The largest absolute Gasteiger partial charge is 0.465 e. The van der Waals surface area contributed by atoms with Crippen LogP contribution in [-0.2, 0) is 23.2 Å². The van der Waals surface area contributed by atoms with E-state index in [4.69, 9.17) is 0 Å². The highest BCUT2D eigenvalue weighted by Crippen LogP contribution is 2.32. The minimum absolute atomic E-state index is 0.176. The highest BCUT2D eigenvalue weighted by atomic mass is 16.4. The number of hydrogen-bond donors (Lipinski definition) is 3. The number of aromatic nitrogens is 1. The van der Waals surface area contributed by atoms with Crippen molar-refractivity contribution in [2.75, 3.05) is 32.7 Å². The van der Waals surface area contributed by atoms with E-state index in [0.717, 1.165) is 66.5 Å². The third-order valence-electron chi connectivity index (χ3n) is 10.0. The average molecular weight is 648 g/mol. The number of para-hydroxylation sites is 1. The predicted molar refractivity (Wildman–Crippen MR) is 188 cm³/mol. The molecule has 4 amide bonds. The van der Waals surface area contributed by atoms with E-state index >= 15 is 0 Å². The summed E-state index contributed by atoms with van der Waals surface area (Å²) in [6.07, 6.45) is 8.44. The number of nitrogens with one attached hydrogen (secondary N) is 2. The molecular formula is C39H45N5O4. The second kappa shape index (κ2) is 14.9. The van der Waals surface area contributed by atoms with Gasteiger partial charge in [0.2, 0.25) is 0 Å². The normalized spacial score (nSPS) is 18.8. The molecule has 3 heterocycles. The number of fused-ring (bicyclic) bond motifs is 1. The monoisotopic (exact) mass is 647 g/mol. The van der Waals surface area contributed by atoms with Gasteiger partial charge in [-0.05, 0) is 67.6 Å². The van der Waals surface area contributed by atoms with Gasteiger partial charge in [0.15, 0.2) is 0 Å². The van der Waals surface area contributed by atoms with Crippen LogP contribution in [0.25, 0.3) is 10.9 Å². The maximum Gasteiger partial charge on any atom is 0.407 e. The molecule has 2 saturated heterocycles. The van der Waals surface area contributed by atoms with Crippen molar-refractivity contribution < 1.29 is 19.5 Å². The summed E-state index contributed by atoms with van der Waals surface area (Å²) < 4.78 is 0. The zero-order chi connectivity index (χ0) is 33.5. The Morgan fingerprint density at radius 1 is 0.979 bits per heavy atom. The number of likely N-dealkylation sites (tertiary alicyclic amines) is 1. The maximum absolute atomic E-state index is 13.7. The van der Waals surface area contributed by atoms with Gasteiger partial charge in [0, 0.05) is 48.6 Å². The van der Waals surface area contributed by atoms with Crippen molar-refractivity contribution in [2.24, 2.45) is 5.92 Å². The van der Waals surface area contributed by atoms with Crippen molar-refractivity contribution in [2.45, 2.75) is 50.6 Å². The second-order valence-electron chi connectivity index (χ2n) is 13.4. The highest BCUT2D eigenvalue weighted by Gasteiger charge is 2.42. The van der Waals surface area contributed by atoms with E-state index in [1.165, 1.54) is 9.80 Å². The molecule has 9 heteroatoms. The van der Waals surface area contributed by atoms with E-state index in [0.29, 0.717) is 32.0 Å². The Hall–Kier alpha value is -4.89. The molecular weight excluding hydrogens is 602 g/mol. The molecule has 0 aliphatic carbocycles. The lowest BCUT2D eigenvalue weighted by Crippen LogP contribution is -2.45. The number of nitrogens with zero attached hydrogens (tertiary/aromatic N) is 3. The first-order valence-corrected chi connectivity index (χ1v) is 16.9. The van der Waals surface area contributed by atoms with Gasteiger partial charge in [-0.2, -0.15) is 0 Å². The van der Waals surface area contributed by atoms with Gasteiger partial charge < -0.3 is 25.2 Å². The fourth-order valence-corrected chi connectivity index (χ4v) is 7.06. The summed E-state index contributed by atoms with van der Waals surface area (Å²) in [6, 6.07) is 26.9. The zero-order valence-corrected chi connectivity index (χ0v) is 27.6. The number of carbonyl (C=O) groups is 3. The maximum atomic E-state index is 13.7. The number of aromatic amines is 1. The van der Waals surface area contributed by atoms with Crippen LogP contribution >= 0.6 is 0 Å². The van der Waals surface area contributed by atoms with E-state index in [-0.39, 0.29) is 11.9 Å². The van der Waals surface area contributed by atoms with Crippen molar-refractivity contribution in [3.63, 3.8) is 0 Å². The fraction of sp³-hybridized carbons (Fsp3) is 0.359. The number of imide groups is 1. The molecule has 0 bridgehead atoms. The second-order valence-corrected chi connectivity index (χ2v) is 13.4. The number of hydrogen-bond acceptors (Lipinski definition) is 4. The zero-order valence-electron chi connectivity index (χ0n) is 27.6. The lowest BCUT2D eigenvalue weighted by Gasteiger charge is -2.37. The Kier molecular flexibility index (Phi) is 10.3. The van der Waals surface area contributed by atoms with Crippen LogP contribution in [0.3, 0.4) is 0 Å². The molecule has 3 N–H and O–H groups in total. The van der Waals surface area contributed by atoms with Crippen molar-refractivity contribution in [1.82, 2.24) is 25.0 Å². The van der Waals surface area contributed by atoms with Gasteiger partial charge in [-0.25, -0.2) is 9.59 Å². The molecule has 2 atom stereocenters. The molecule has 3 aromatic carbocycles. The Morgan fingerprint density at radius 2 is 1.67 bits per heavy atom. The van der Waals surface area contributed by atoms with Crippen LogP contribution in [0.15, 0.2) is 103 Å². The van der Waals surface area contributed by atoms with Crippen molar-refractivity contribution in [3.8, 4) is 0 Å². The molecule has 9 nitrogen and oxygen atoms in total. The number of carbonyl (C=O) groups excluding carboxylic acids is 2. The molecule has 0 spiro atoms. The van der Waals surface area contributed by atoms with Crippen LogP contribution < -0.4 is 5.32 Å². The third kappa shape index (κ3) is 7.80. The first-order valence-electron chi connectivity index (χ1n) is 16.9. The van der Waals surface area contributed by atoms with Gasteiger partial charge in [0.1, 0.15) is 6.04 Å². The molecule has 1 unspecified atom stereocenters. The van der Waals surface area contributed by atoms with E-state index in [2.05, 4.69) is 40.3 Å². The summed E-state index contributed by atoms with van der Waals surface area (Å²) in [4.78, 5) is 47.3. The SMILES string of the molecule is CC(CCN1CCC(C=CCN(Cc2ccccc2)C(=O)O)CC1)(CN1C(=O)N[C@H](Cc2c[nH]c3ccccc23)C1=O)c1ccccc1. The summed E-state index contributed by atoms with van der Waals surface area (Å²) in [5.74, 6) is 0.236. The standard InChI is InChI=1S/C39H45N5O4/c1-39(32-14-6-3-7-15-32,28-44-36(45)35(41-37(44)46)25-31-26-40-34-17-9-8-16-33(31)34)20-24-42-22-18-29(19-23-42)13-10-21-43(38(47)48)27-30-11-4-2-5-12-30/h2-17,26,29,35,40H,18-25,27-28H2,1H3,(H,41,46)(H,47,48)/t35-,39?/m1/s1. The predicted octanol–water partition coefficient (Wildman–Crippen LogP) is 6.43. The minimum atomic E-state index is -0.919. The van der Waals surface area contributed by atoms with E-state index in [1.54, 1.807) is 0 Å². The van der Waals surface area contributed by atoms with Gasteiger partial charge in [-0.15, -0.1) is 0 Å². The van der Waals surface area contributed by atoms with Crippen LogP contribution in [0, 0.1) is 5.92 Å². The van der Waals surface area contributed by atoms with Crippen LogP contribution in [0.2, 0.25) is 0 Å². The average Bonchev–Trinajstić information content (AvgIpc) is 3.63. The van der Waals surface area contributed by atoms with Gasteiger partial charge >= 0.3 is 12.1 Å². The number of piperidine rings is 1. The number of rotatable bonds is 13. The van der Waals surface area contributed by atoms with Gasteiger partial charge in [-0.3, -0.25) is 9.69 Å². The third-order valence-corrected chi connectivity index (χ3v) is 10.0. The van der Waals surface area contributed by atoms with Gasteiger partial charge in [-0.1, -0.05) is 97.9 Å². The molecule has 2 aliphatic rings. The van der Waals surface area contributed by atoms with Crippen LogP contribution in [-0.4, -0.2) is 81.6 Å². The Labute approximate surface area is 282 Å². The van der Waals surface area contributed by atoms with Crippen molar-refractivity contribution in [1.29, 1.82) is 0 Å². The van der Waals surface area contributed by atoms with Crippen LogP contribution in [0.4, 0.5) is 9.59 Å². The van der Waals surface area contributed by atoms with Crippen LogP contribution in [0.5, 0.6) is 0 Å². The molecule has 6 rings (SSSR count). The number of urea groups is 1. The molecule has 0 saturated carbocycles.